The average Bonchev–Trinajstić information content (AvgIpc) is 2.63. The van der Waals surface area contributed by atoms with Gasteiger partial charge < -0.3 is 15.2 Å². The topological polar surface area (TPSA) is 93.5 Å². The first-order chi connectivity index (χ1) is 7.18. The number of aromatic nitrogens is 3. The maximum Gasteiger partial charge on any atom is 0.305 e. The molecule has 2 rings (SSSR count). The molecule has 0 aliphatic rings. The van der Waals surface area contributed by atoms with E-state index < -0.39 is 12.0 Å². The Labute approximate surface area is 85.4 Å². The summed E-state index contributed by atoms with van der Waals surface area (Å²) in [5.41, 5.74) is 6.83. The summed E-state index contributed by atoms with van der Waals surface area (Å²) in [6.45, 7) is 0. The molecule has 0 bridgehead atoms. The fourth-order valence-corrected chi connectivity index (χ4v) is 1.42. The summed E-state index contributed by atoms with van der Waals surface area (Å²) in [7, 11) is 0. The predicted molar refractivity (Wildman–Crippen MR) is 52.2 cm³/mol. The lowest BCUT2D eigenvalue weighted by Gasteiger charge is -2.08. The van der Waals surface area contributed by atoms with E-state index >= 15 is 0 Å². The van der Waals surface area contributed by atoms with Gasteiger partial charge in [-0.1, -0.05) is 0 Å². The molecule has 0 aliphatic carbocycles. The minimum atomic E-state index is -0.946. The van der Waals surface area contributed by atoms with E-state index in [0.717, 1.165) is 0 Å². The van der Waals surface area contributed by atoms with Crippen LogP contribution in [0.1, 0.15) is 18.2 Å². The number of rotatable bonds is 3. The van der Waals surface area contributed by atoms with E-state index in [2.05, 4.69) is 9.97 Å². The highest BCUT2D eigenvalue weighted by Crippen LogP contribution is 2.15. The van der Waals surface area contributed by atoms with Crippen molar-refractivity contribution in [1.29, 1.82) is 0 Å². The Kier molecular flexibility index (Phi) is 2.34. The molecule has 0 aliphatic heterocycles. The predicted octanol–water partition coefficient (Wildman–Crippen LogP) is 0.204. The third kappa shape index (κ3) is 1.79. The number of imidazole rings is 1. The Bertz CT molecular complexity index is 494. The van der Waals surface area contributed by atoms with Crippen molar-refractivity contribution in [1.82, 2.24) is 14.4 Å². The maximum absolute atomic E-state index is 10.5. The molecule has 2 aromatic rings. The molecule has 2 heterocycles. The second kappa shape index (κ2) is 3.66. The fraction of sp³-hybridized carbons (Fsp3) is 0.222. The quantitative estimate of drug-likeness (QED) is 0.748. The van der Waals surface area contributed by atoms with Crippen molar-refractivity contribution in [3.8, 4) is 0 Å². The zero-order valence-electron chi connectivity index (χ0n) is 7.87. The molecule has 0 spiro atoms. The van der Waals surface area contributed by atoms with Crippen LogP contribution in [-0.4, -0.2) is 25.4 Å². The number of hydrogen-bond acceptors (Lipinski definition) is 4. The van der Waals surface area contributed by atoms with Gasteiger partial charge in [0.15, 0.2) is 5.65 Å². The van der Waals surface area contributed by atoms with Crippen molar-refractivity contribution >= 4 is 11.6 Å². The van der Waals surface area contributed by atoms with Crippen LogP contribution in [0, 0.1) is 0 Å². The van der Waals surface area contributed by atoms with Crippen molar-refractivity contribution in [3.63, 3.8) is 0 Å². The van der Waals surface area contributed by atoms with Gasteiger partial charge in [-0.25, -0.2) is 4.98 Å². The van der Waals surface area contributed by atoms with Crippen molar-refractivity contribution < 1.29 is 9.90 Å². The smallest absolute Gasteiger partial charge is 0.305 e. The van der Waals surface area contributed by atoms with Crippen LogP contribution in [-0.2, 0) is 4.79 Å². The van der Waals surface area contributed by atoms with E-state index in [1.165, 1.54) is 0 Å². The molecule has 6 nitrogen and oxygen atoms in total. The Morgan fingerprint density at radius 3 is 2.80 bits per heavy atom. The van der Waals surface area contributed by atoms with E-state index in [4.69, 9.17) is 10.8 Å². The highest BCUT2D eigenvalue weighted by Gasteiger charge is 2.15. The number of nitrogens with zero attached hydrogens (tertiary/aromatic N) is 3. The van der Waals surface area contributed by atoms with Gasteiger partial charge in [-0.15, -0.1) is 0 Å². The zero-order valence-corrected chi connectivity index (χ0v) is 7.87. The second-order valence-corrected chi connectivity index (χ2v) is 3.17. The normalized spacial score (nSPS) is 12.9. The molecule has 0 radical (unpaired) electrons. The zero-order chi connectivity index (χ0) is 10.8. The third-order valence-corrected chi connectivity index (χ3v) is 2.08. The lowest BCUT2D eigenvalue weighted by molar-refractivity contribution is -0.137. The van der Waals surface area contributed by atoms with Crippen molar-refractivity contribution in [3.05, 3.63) is 30.5 Å². The Morgan fingerprint density at radius 2 is 2.13 bits per heavy atom. The maximum atomic E-state index is 10.5. The number of hydrogen-bond donors (Lipinski definition) is 2. The molecule has 6 heteroatoms. The van der Waals surface area contributed by atoms with Crippen LogP contribution >= 0.6 is 0 Å². The van der Waals surface area contributed by atoms with Crippen LogP contribution in [0.4, 0.5) is 0 Å². The minimum Gasteiger partial charge on any atom is -0.481 e. The summed E-state index contributed by atoms with van der Waals surface area (Å²) in [4.78, 5) is 18.7. The van der Waals surface area contributed by atoms with E-state index in [9.17, 15) is 4.79 Å². The number of carbonyl (C=O) groups is 1. The van der Waals surface area contributed by atoms with Gasteiger partial charge >= 0.3 is 5.97 Å². The summed E-state index contributed by atoms with van der Waals surface area (Å²) >= 11 is 0. The lowest BCUT2D eigenvalue weighted by Crippen LogP contribution is -2.17. The molecule has 0 saturated heterocycles. The molecule has 0 saturated carbocycles. The van der Waals surface area contributed by atoms with Gasteiger partial charge in [0, 0.05) is 24.8 Å². The van der Waals surface area contributed by atoms with Crippen LogP contribution in [0.2, 0.25) is 0 Å². The Balaban J connectivity index is 2.42. The Hall–Kier alpha value is -1.95. The SMILES string of the molecule is NC(CC(=O)O)c1nccn2ccnc12. The first kappa shape index (κ1) is 9.60. The standard InChI is InChI=1S/C9H10N4O2/c10-6(5-7(14)15)8-9-12-2-4-13(9)3-1-11-8/h1-4,6H,5,10H2,(H,14,15). The van der Waals surface area contributed by atoms with Crippen LogP contribution in [0.15, 0.2) is 24.8 Å². The lowest BCUT2D eigenvalue weighted by atomic mass is 10.1. The first-order valence-electron chi connectivity index (χ1n) is 4.43. The molecular formula is C9H10N4O2. The van der Waals surface area contributed by atoms with Crippen LogP contribution in [0.3, 0.4) is 0 Å². The van der Waals surface area contributed by atoms with E-state index in [-0.39, 0.29) is 6.42 Å². The molecule has 2 aromatic heterocycles. The number of carboxylic acid groups (broad SMARTS) is 1. The largest absolute Gasteiger partial charge is 0.481 e. The highest BCUT2D eigenvalue weighted by molar-refractivity contribution is 5.68. The van der Waals surface area contributed by atoms with Gasteiger partial charge in [0.2, 0.25) is 0 Å². The number of fused-ring (bicyclic) bond motifs is 1. The van der Waals surface area contributed by atoms with Crippen LogP contribution in [0.25, 0.3) is 5.65 Å². The van der Waals surface area contributed by atoms with Gasteiger partial charge in [-0.2, -0.15) is 0 Å². The molecule has 15 heavy (non-hydrogen) atoms. The monoisotopic (exact) mass is 206 g/mol. The van der Waals surface area contributed by atoms with Crippen molar-refractivity contribution in [2.75, 3.05) is 0 Å². The van der Waals surface area contributed by atoms with Crippen molar-refractivity contribution in [2.45, 2.75) is 12.5 Å². The third-order valence-electron chi connectivity index (χ3n) is 2.08. The number of nitrogens with two attached hydrogens (primary N) is 1. The Morgan fingerprint density at radius 1 is 1.47 bits per heavy atom. The first-order valence-corrected chi connectivity index (χ1v) is 4.43. The fourth-order valence-electron chi connectivity index (χ4n) is 1.42. The van der Waals surface area contributed by atoms with E-state index in [0.29, 0.717) is 11.3 Å². The summed E-state index contributed by atoms with van der Waals surface area (Å²) < 4.78 is 1.75. The van der Waals surface area contributed by atoms with Gasteiger partial charge in [-0.05, 0) is 0 Å². The van der Waals surface area contributed by atoms with Gasteiger partial charge in [-0.3, -0.25) is 9.78 Å². The minimum absolute atomic E-state index is 0.153. The van der Waals surface area contributed by atoms with Crippen LogP contribution < -0.4 is 5.73 Å². The van der Waals surface area contributed by atoms with Crippen molar-refractivity contribution in [2.24, 2.45) is 5.73 Å². The molecule has 3 N–H and O–H groups in total. The summed E-state index contributed by atoms with van der Waals surface area (Å²) in [6.07, 6.45) is 6.53. The van der Waals surface area contributed by atoms with E-state index in [1.54, 1.807) is 29.2 Å². The number of carboxylic acids is 1. The van der Waals surface area contributed by atoms with Gasteiger partial charge in [0.1, 0.15) is 5.69 Å². The molecule has 78 valence electrons. The van der Waals surface area contributed by atoms with Crippen LogP contribution in [0.5, 0.6) is 0 Å². The van der Waals surface area contributed by atoms with Gasteiger partial charge in [0.05, 0.1) is 12.5 Å². The average molecular weight is 206 g/mol. The molecule has 1 atom stereocenters. The summed E-state index contributed by atoms with van der Waals surface area (Å²) in [5.74, 6) is -0.946. The molecule has 0 fully saturated rings. The molecule has 1 unspecified atom stereocenters. The summed E-state index contributed by atoms with van der Waals surface area (Å²) in [6, 6.07) is -0.631. The van der Waals surface area contributed by atoms with E-state index in [1.807, 2.05) is 0 Å². The molecule has 0 amide bonds. The van der Waals surface area contributed by atoms with Gasteiger partial charge in [0.25, 0.3) is 0 Å². The number of aliphatic carboxylic acids is 1. The molecular weight excluding hydrogens is 196 g/mol. The molecule has 0 aromatic carbocycles. The highest BCUT2D eigenvalue weighted by atomic mass is 16.4. The summed E-state index contributed by atoms with van der Waals surface area (Å²) in [5, 5.41) is 8.63. The second-order valence-electron chi connectivity index (χ2n) is 3.17.